The third-order valence-corrected chi connectivity index (χ3v) is 5.39. The van der Waals surface area contributed by atoms with Gasteiger partial charge in [0.1, 0.15) is 5.67 Å². The highest BCUT2D eigenvalue weighted by molar-refractivity contribution is 5.77. The Morgan fingerprint density at radius 2 is 2.04 bits per heavy atom. The summed E-state index contributed by atoms with van der Waals surface area (Å²) < 4.78 is 14.5. The first-order valence-electron chi connectivity index (χ1n) is 9.52. The Labute approximate surface area is 150 Å². The molecular formula is C18H33FN4O2. The number of nitrogens with one attached hydrogen (secondary N) is 3. The van der Waals surface area contributed by atoms with E-state index in [1.54, 1.807) is 7.05 Å². The van der Waals surface area contributed by atoms with Gasteiger partial charge in [-0.15, -0.1) is 0 Å². The largest absolute Gasteiger partial charge is 0.359 e. The molecular weight excluding hydrogens is 323 g/mol. The predicted octanol–water partition coefficient (Wildman–Crippen LogP) is 0.821. The minimum absolute atomic E-state index is 0.0308. The van der Waals surface area contributed by atoms with Gasteiger partial charge in [-0.25, -0.2) is 4.39 Å². The first kappa shape index (κ1) is 20.1. The maximum Gasteiger partial charge on any atom is 0.223 e. The molecule has 0 aromatic carbocycles. The van der Waals surface area contributed by atoms with Gasteiger partial charge in [-0.3, -0.25) is 9.59 Å². The van der Waals surface area contributed by atoms with Crippen LogP contribution >= 0.6 is 0 Å². The Balaban J connectivity index is 1.63. The van der Waals surface area contributed by atoms with Crippen molar-refractivity contribution in [3.8, 4) is 0 Å². The molecule has 0 aromatic rings. The number of rotatable bonds is 8. The second-order valence-corrected chi connectivity index (χ2v) is 7.67. The Morgan fingerprint density at radius 1 is 1.32 bits per heavy atom. The van der Waals surface area contributed by atoms with Crippen molar-refractivity contribution >= 4 is 11.8 Å². The fraction of sp³-hybridized carbons (Fsp3) is 0.889. The van der Waals surface area contributed by atoms with Crippen molar-refractivity contribution in [1.82, 2.24) is 20.9 Å². The molecule has 2 aliphatic rings. The third kappa shape index (κ3) is 6.90. The van der Waals surface area contributed by atoms with Crippen molar-refractivity contribution in [2.75, 3.05) is 39.8 Å². The average Bonchev–Trinajstić information content (AvgIpc) is 3.00. The third-order valence-electron chi connectivity index (χ3n) is 5.39. The van der Waals surface area contributed by atoms with Crippen LogP contribution in [0.25, 0.3) is 0 Å². The lowest BCUT2D eigenvalue weighted by atomic mass is 9.90. The summed E-state index contributed by atoms with van der Waals surface area (Å²) in [6, 6.07) is 0.0378. The Bertz CT molecular complexity index is 454. The number of nitrogens with zero attached hydrogens (tertiary/aromatic N) is 1. The molecule has 144 valence electrons. The number of carbonyl (C=O) groups is 2. The molecule has 0 spiro atoms. The number of hydrogen-bond donors (Lipinski definition) is 3. The normalized spacial score (nSPS) is 24.7. The summed E-state index contributed by atoms with van der Waals surface area (Å²) in [5.41, 5.74) is -1.35. The second-order valence-electron chi connectivity index (χ2n) is 7.67. The lowest BCUT2D eigenvalue weighted by molar-refractivity contribution is -0.125. The summed E-state index contributed by atoms with van der Waals surface area (Å²) >= 11 is 0. The van der Waals surface area contributed by atoms with Gasteiger partial charge in [-0.1, -0.05) is 0 Å². The molecule has 0 aliphatic carbocycles. The highest BCUT2D eigenvalue weighted by Crippen LogP contribution is 2.27. The lowest BCUT2D eigenvalue weighted by Gasteiger charge is -2.30. The van der Waals surface area contributed by atoms with Gasteiger partial charge in [0.25, 0.3) is 0 Å². The Hall–Kier alpha value is -1.21. The van der Waals surface area contributed by atoms with E-state index in [0.717, 1.165) is 32.5 Å². The van der Waals surface area contributed by atoms with E-state index in [-0.39, 0.29) is 24.3 Å². The zero-order chi connectivity index (χ0) is 18.3. The number of piperidine rings is 1. The van der Waals surface area contributed by atoms with Gasteiger partial charge in [0.2, 0.25) is 11.8 Å². The summed E-state index contributed by atoms with van der Waals surface area (Å²) in [7, 11) is 1.67. The molecule has 2 amide bonds. The highest BCUT2D eigenvalue weighted by atomic mass is 19.1. The predicted molar refractivity (Wildman–Crippen MR) is 96.0 cm³/mol. The average molecular weight is 356 g/mol. The Morgan fingerprint density at radius 3 is 2.72 bits per heavy atom. The number of alkyl halides is 1. The van der Waals surface area contributed by atoms with Gasteiger partial charge >= 0.3 is 0 Å². The van der Waals surface area contributed by atoms with Crippen LogP contribution in [0.1, 0.15) is 45.4 Å². The van der Waals surface area contributed by atoms with E-state index in [2.05, 4.69) is 20.9 Å². The summed E-state index contributed by atoms with van der Waals surface area (Å²) in [6.45, 7) is 6.11. The maximum absolute atomic E-state index is 14.5. The van der Waals surface area contributed by atoms with Gasteiger partial charge < -0.3 is 20.9 Å². The van der Waals surface area contributed by atoms with E-state index in [4.69, 9.17) is 0 Å². The van der Waals surface area contributed by atoms with Crippen LogP contribution in [0.15, 0.2) is 0 Å². The van der Waals surface area contributed by atoms with Crippen molar-refractivity contribution in [3.05, 3.63) is 0 Å². The molecule has 6 nitrogen and oxygen atoms in total. The van der Waals surface area contributed by atoms with Crippen LogP contribution in [-0.4, -0.2) is 68.2 Å². The molecule has 2 rings (SSSR count). The van der Waals surface area contributed by atoms with E-state index in [9.17, 15) is 14.0 Å². The standard InChI is InChI=1S/C18H33FN4O2/c1-14(22-17(25)12-18(19)5-7-21-8-6-18)3-9-23-10-4-15(13-23)11-16(24)20-2/h14-15,21H,3-13H2,1-2H3,(H,20,24)(H,22,25). The molecule has 2 atom stereocenters. The number of amides is 2. The van der Waals surface area contributed by atoms with Gasteiger partial charge in [-0.2, -0.15) is 0 Å². The molecule has 0 radical (unpaired) electrons. The molecule has 2 aliphatic heterocycles. The molecule has 25 heavy (non-hydrogen) atoms. The van der Waals surface area contributed by atoms with Crippen LogP contribution in [0.2, 0.25) is 0 Å². The highest BCUT2D eigenvalue weighted by Gasteiger charge is 2.34. The molecule has 0 saturated carbocycles. The lowest BCUT2D eigenvalue weighted by Crippen LogP contribution is -2.44. The van der Waals surface area contributed by atoms with Crippen molar-refractivity contribution in [2.45, 2.75) is 57.2 Å². The molecule has 2 saturated heterocycles. The quantitative estimate of drug-likeness (QED) is 0.602. The topological polar surface area (TPSA) is 73.5 Å². The molecule has 2 fully saturated rings. The number of likely N-dealkylation sites (tertiary alicyclic amines) is 1. The maximum atomic E-state index is 14.5. The van der Waals surface area contributed by atoms with Crippen molar-refractivity contribution in [3.63, 3.8) is 0 Å². The first-order valence-corrected chi connectivity index (χ1v) is 9.52. The minimum Gasteiger partial charge on any atom is -0.359 e. The van der Waals surface area contributed by atoms with E-state index in [1.807, 2.05) is 6.92 Å². The molecule has 7 heteroatoms. The molecule has 0 bridgehead atoms. The summed E-state index contributed by atoms with van der Waals surface area (Å²) in [4.78, 5) is 25.9. The van der Waals surface area contributed by atoms with Gasteiger partial charge in [0, 0.05) is 32.6 Å². The SMILES string of the molecule is CNC(=O)CC1CCN(CCC(C)NC(=O)CC2(F)CCNCC2)C1. The fourth-order valence-electron chi connectivity index (χ4n) is 3.76. The van der Waals surface area contributed by atoms with E-state index in [0.29, 0.717) is 38.3 Å². The smallest absolute Gasteiger partial charge is 0.223 e. The molecule has 2 heterocycles. The molecule has 3 N–H and O–H groups in total. The van der Waals surface area contributed by atoms with Crippen LogP contribution < -0.4 is 16.0 Å². The van der Waals surface area contributed by atoms with E-state index < -0.39 is 5.67 Å². The summed E-state index contributed by atoms with van der Waals surface area (Å²) in [5.74, 6) is 0.345. The van der Waals surface area contributed by atoms with Crippen LogP contribution in [0.3, 0.4) is 0 Å². The first-order chi connectivity index (χ1) is 11.9. The molecule has 0 aromatic heterocycles. The van der Waals surface area contributed by atoms with E-state index >= 15 is 0 Å². The van der Waals surface area contributed by atoms with Gasteiger partial charge in [0.05, 0.1) is 6.42 Å². The van der Waals surface area contributed by atoms with Gasteiger partial charge in [0.15, 0.2) is 0 Å². The van der Waals surface area contributed by atoms with Crippen molar-refractivity contribution in [2.24, 2.45) is 5.92 Å². The zero-order valence-corrected chi connectivity index (χ0v) is 15.6. The fourth-order valence-corrected chi connectivity index (χ4v) is 3.76. The van der Waals surface area contributed by atoms with Crippen LogP contribution in [0, 0.1) is 5.92 Å². The Kier molecular flexibility index (Phi) is 7.62. The molecule has 2 unspecified atom stereocenters. The van der Waals surface area contributed by atoms with E-state index in [1.165, 1.54) is 0 Å². The monoisotopic (exact) mass is 356 g/mol. The van der Waals surface area contributed by atoms with Gasteiger partial charge in [-0.05, 0) is 58.2 Å². The number of carbonyl (C=O) groups excluding carboxylic acids is 2. The van der Waals surface area contributed by atoms with Crippen LogP contribution in [0.5, 0.6) is 0 Å². The zero-order valence-electron chi connectivity index (χ0n) is 15.6. The summed E-state index contributed by atoms with van der Waals surface area (Å²) in [6.07, 6.45) is 3.28. The van der Waals surface area contributed by atoms with Crippen LogP contribution in [-0.2, 0) is 9.59 Å². The second kappa shape index (κ2) is 9.48. The van der Waals surface area contributed by atoms with Crippen molar-refractivity contribution in [1.29, 1.82) is 0 Å². The number of halogens is 1. The number of hydrogen-bond acceptors (Lipinski definition) is 4. The minimum atomic E-state index is -1.35. The summed E-state index contributed by atoms with van der Waals surface area (Å²) in [5, 5.41) is 8.74. The van der Waals surface area contributed by atoms with Crippen LogP contribution in [0.4, 0.5) is 4.39 Å². The van der Waals surface area contributed by atoms with Crippen molar-refractivity contribution < 1.29 is 14.0 Å².